The topological polar surface area (TPSA) is 20.3 Å². The Morgan fingerprint density at radius 3 is 2.55 bits per heavy atom. The summed E-state index contributed by atoms with van der Waals surface area (Å²) < 4.78 is 0. The first kappa shape index (κ1) is 9.95. The molecule has 0 aliphatic heterocycles. The van der Waals surface area contributed by atoms with Gasteiger partial charge in [-0.2, -0.15) is 0 Å². The zero-order valence-corrected chi connectivity index (χ0v) is 7.42. The second-order valence-electron chi connectivity index (χ2n) is 2.35. The van der Waals surface area contributed by atoms with E-state index in [0.29, 0.717) is 6.42 Å². The molecule has 11 heavy (non-hydrogen) atoms. The van der Waals surface area contributed by atoms with Crippen molar-refractivity contribution in [3.63, 3.8) is 0 Å². The second kappa shape index (κ2) is 4.72. The Kier molecular flexibility index (Phi) is 4.27. The fourth-order valence-electron chi connectivity index (χ4n) is 0.716. The zero-order valence-electron chi connectivity index (χ0n) is 7.42. The van der Waals surface area contributed by atoms with Gasteiger partial charge in [-0.1, -0.05) is 19.6 Å². The number of hydrogen-bond acceptors (Lipinski definition) is 1. The van der Waals surface area contributed by atoms with Gasteiger partial charge in [0.05, 0.1) is 0 Å². The normalized spacial score (nSPS) is 11.0. The zero-order chi connectivity index (χ0) is 8.85. The van der Waals surface area contributed by atoms with E-state index >= 15 is 0 Å². The van der Waals surface area contributed by atoms with Crippen LogP contribution in [-0.2, 0) is 4.79 Å². The van der Waals surface area contributed by atoms with Gasteiger partial charge < -0.3 is 4.90 Å². The minimum atomic E-state index is 0.126. The molecule has 2 heteroatoms. The van der Waals surface area contributed by atoms with E-state index in [9.17, 15) is 4.79 Å². The van der Waals surface area contributed by atoms with Crippen molar-refractivity contribution < 1.29 is 4.79 Å². The average Bonchev–Trinajstić information content (AvgIpc) is 2.02. The van der Waals surface area contributed by atoms with E-state index in [1.807, 2.05) is 19.9 Å². The highest BCUT2D eigenvalue weighted by molar-refractivity contribution is 5.77. The van der Waals surface area contributed by atoms with Crippen LogP contribution in [0, 0.1) is 0 Å². The molecule has 0 unspecified atom stereocenters. The van der Waals surface area contributed by atoms with E-state index in [1.54, 1.807) is 18.0 Å². The van der Waals surface area contributed by atoms with Gasteiger partial charge in [-0.15, -0.1) is 0 Å². The summed E-state index contributed by atoms with van der Waals surface area (Å²) in [6.07, 6.45) is 4.03. The number of carbonyl (C=O) groups is 1. The third-order valence-corrected chi connectivity index (χ3v) is 1.56. The maximum absolute atomic E-state index is 11.1. The first-order valence-electron chi connectivity index (χ1n) is 3.69. The van der Waals surface area contributed by atoms with Gasteiger partial charge in [-0.25, -0.2) is 0 Å². The Bertz CT molecular complexity index is 182. The van der Waals surface area contributed by atoms with Gasteiger partial charge in [0.2, 0.25) is 5.91 Å². The van der Waals surface area contributed by atoms with Crippen molar-refractivity contribution in [3.05, 3.63) is 24.4 Å². The second-order valence-corrected chi connectivity index (χ2v) is 2.35. The molecule has 0 rings (SSSR count). The Morgan fingerprint density at radius 1 is 1.64 bits per heavy atom. The van der Waals surface area contributed by atoms with Crippen LogP contribution in [0.15, 0.2) is 24.4 Å². The lowest BCUT2D eigenvalue weighted by Crippen LogP contribution is -2.23. The van der Waals surface area contributed by atoms with Gasteiger partial charge in [-0.05, 0) is 13.0 Å². The molecule has 0 aliphatic carbocycles. The number of nitrogens with zero attached hydrogens (tertiary/aromatic N) is 1. The van der Waals surface area contributed by atoms with E-state index in [4.69, 9.17) is 0 Å². The summed E-state index contributed by atoms with van der Waals surface area (Å²) in [5.41, 5.74) is 0.923. The molecule has 0 saturated heterocycles. The molecule has 62 valence electrons. The summed E-state index contributed by atoms with van der Waals surface area (Å²) in [4.78, 5) is 12.7. The highest BCUT2D eigenvalue weighted by Gasteiger charge is 2.05. The highest BCUT2D eigenvalue weighted by Crippen LogP contribution is 2.01. The Hall–Kier alpha value is -1.05. The van der Waals surface area contributed by atoms with Crippen molar-refractivity contribution in [1.82, 2.24) is 4.90 Å². The molecule has 0 fully saturated rings. The summed E-state index contributed by atoms with van der Waals surface area (Å²) >= 11 is 0. The van der Waals surface area contributed by atoms with Gasteiger partial charge >= 0.3 is 0 Å². The van der Waals surface area contributed by atoms with Crippen molar-refractivity contribution in [3.8, 4) is 0 Å². The van der Waals surface area contributed by atoms with Gasteiger partial charge in [0.15, 0.2) is 0 Å². The lowest BCUT2D eigenvalue weighted by molar-refractivity contribution is -0.127. The maximum Gasteiger partial charge on any atom is 0.226 e. The molecule has 0 aromatic heterocycles. The van der Waals surface area contributed by atoms with Crippen LogP contribution >= 0.6 is 0 Å². The molecule has 0 saturated carbocycles. The fourth-order valence-corrected chi connectivity index (χ4v) is 0.716. The van der Waals surface area contributed by atoms with Crippen LogP contribution in [0.5, 0.6) is 0 Å². The van der Waals surface area contributed by atoms with Crippen LogP contribution in [0.25, 0.3) is 0 Å². The van der Waals surface area contributed by atoms with E-state index in [2.05, 4.69) is 6.58 Å². The van der Waals surface area contributed by atoms with Crippen LogP contribution in [0.4, 0.5) is 0 Å². The Balaban J connectivity index is 4.23. The summed E-state index contributed by atoms with van der Waals surface area (Å²) in [7, 11) is 1.77. The molecular weight excluding hydrogens is 138 g/mol. The van der Waals surface area contributed by atoms with Crippen LogP contribution in [0.2, 0.25) is 0 Å². The first-order valence-corrected chi connectivity index (χ1v) is 3.69. The van der Waals surface area contributed by atoms with Gasteiger partial charge in [0.1, 0.15) is 0 Å². The van der Waals surface area contributed by atoms with Gasteiger partial charge in [0.25, 0.3) is 0 Å². The van der Waals surface area contributed by atoms with Crippen molar-refractivity contribution in [1.29, 1.82) is 0 Å². The monoisotopic (exact) mass is 153 g/mol. The molecule has 1 amide bonds. The SMILES string of the molecule is C=C/C=C(\C)N(C)C(=O)CC. The molecule has 0 spiro atoms. The van der Waals surface area contributed by atoms with Gasteiger partial charge in [-0.3, -0.25) is 4.79 Å². The van der Waals surface area contributed by atoms with Crippen molar-refractivity contribution in [2.75, 3.05) is 7.05 Å². The predicted molar refractivity (Wildman–Crippen MR) is 47.0 cm³/mol. The largest absolute Gasteiger partial charge is 0.320 e. The summed E-state index contributed by atoms with van der Waals surface area (Å²) in [5.74, 6) is 0.126. The summed E-state index contributed by atoms with van der Waals surface area (Å²) in [5, 5.41) is 0. The predicted octanol–water partition coefficient (Wildman–Crippen LogP) is 1.94. The fraction of sp³-hybridized carbons (Fsp3) is 0.444. The van der Waals surface area contributed by atoms with Crippen LogP contribution in [0.3, 0.4) is 0 Å². The number of hydrogen-bond donors (Lipinski definition) is 0. The maximum atomic E-state index is 11.1. The lowest BCUT2D eigenvalue weighted by atomic mass is 10.3. The number of allylic oxidation sites excluding steroid dienone is 3. The number of rotatable bonds is 3. The molecule has 0 heterocycles. The quantitative estimate of drug-likeness (QED) is 0.567. The number of amides is 1. The highest BCUT2D eigenvalue weighted by atomic mass is 16.2. The standard InChI is InChI=1S/C9H15NO/c1-5-7-8(3)10(4)9(11)6-2/h5,7H,1,6H2,2-4H3/b8-7+. The van der Waals surface area contributed by atoms with Crippen LogP contribution < -0.4 is 0 Å². The molecule has 0 aromatic carbocycles. The van der Waals surface area contributed by atoms with E-state index < -0.39 is 0 Å². The Morgan fingerprint density at radius 2 is 2.18 bits per heavy atom. The van der Waals surface area contributed by atoms with Crippen LogP contribution in [-0.4, -0.2) is 17.9 Å². The average molecular weight is 153 g/mol. The lowest BCUT2D eigenvalue weighted by Gasteiger charge is -2.15. The van der Waals surface area contributed by atoms with Crippen molar-refractivity contribution >= 4 is 5.91 Å². The third kappa shape index (κ3) is 3.03. The molecule has 0 aromatic rings. The minimum absolute atomic E-state index is 0.126. The molecule has 2 nitrogen and oxygen atoms in total. The summed E-state index contributed by atoms with van der Waals surface area (Å²) in [6, 6.07) is 0. The third-order valence-electron chi connectivity index (χ3n) is 1.56. The molecule has 0 atom stereocenters. The molecule has 0 radical (unpaired) electrons. The van der Waals surface area contributed by atoms with E-state index in [-0.39, 0.29) is 5.91 Å². The van der Waals surface area contributed by atoms with Crippen molar-refractivity contribution in [2.24, 2.45) is 0 Å². The Labute approximate surface area is 68.2 Å². The van der Waals surface area contributed by atoms with Crippen LogP contribution in [0.1, 0.15) is 20.3 Å². The smallest absolute Gasteiger partial charge is 0.226 e. The molecule has 0 N–H and O–H groups in total. The van der Waals surface area contributed by atoms with E-state index in [0.717, 1.165) is 5.70 Å². The first-order chi connectivity index (χ1) is 5.13. The summed E-state index contributed by atoms with van der Waals surface area (Å²) in [6.45, 7) is 7.29. The van der Waals surface area contributed by atoms with Gasteiger partial charge in [0, 0.05) is 19.2 Å². The van der Waals surface area contributed by atoms with Crippen molar-refractivity contribution in [2.45, 2.75) is 20.3 Å². The molecular formula is C9H15NO. The minimum Gasteiger partial charge on any atom is -0.320 e. The molecule has 0 bridgehead atoms. The number of carbonyl (C=O) groups excluding carboxylic acids is 1. The molecule has 0 aliphatic rings. The van der Waals surface area contributed by atoms with E-state index in [1.165, 1.54) is 0 Å².